The molecule has 0 bridgehead atoms. The van der Waals surface area contributed by atoms with E-state index in [-0.39, 0.29) is 12.4 Å². The summed E-state index contributed by atoms with van der Waals surface area (Å²) in [7, 11) is 0. The van der Waals surface area contributed by atoms with E-state index < -0.39 is 0 Å². The van der Waals surface area contributed by atoms with E-state index in [9.17, 15) is 4.79 Å². The molecule has 0 aromatic heterocycles. The normalized spacial score (nSPS) is 10.3. The summed E-state index contributed by atoms with van der Waals surface area (Å²) in [6.07, 6.45) is 3.38. The Balaban J connectivity index is 2.07. The van der Waals surface area contributed by atoms with E-state index in [1.807, 2.05) is 43.3 Å². The van der Waals surface area contributed by atoms with Gasteiger partial charge >= 0.3 is 0 Å². The van der Waals surface area contributed by atoms with Crippen LogP contribution in [0.25, 0.3) is 6.08 Å². The van der Waals surface area contributed by atoms with E-state index >= 15 is 0 Å². The van der Waals surface area contributed by atoms with Crippen molar-refractivity contribution in [3.05, 3.63) is 71.3 Å². The summed E-state index contributed by atoms with van der Waals surface area (Å²) in [4.78, 5) is 12.1. The van der Waals surface area contributed by atoms with Crippen LogP contribution in [0.15, 0.2) is 54.6 Å². The third-order valence-corrected chi connectivity index (χ3v) is 3.04. The quantitative estimate of drug-likeness (QED) is 0.617. The molecule has 0 aliphatic carbocycles. The van der Waals surface area contributed by atoms with Crippen LogP contribution in [0.3, 0.4) is 0 Å². The zero-order valence-corrected chi connectivity index (χ0v) is 11.7. The lowest BCUT2D eigenvalue weighted by Crippen LogP contribution is -1.96. The maximum absolute atomic E-state index is 12.1. The van der Waals surface area contributed by atoms with E-state index in [0.29, 0.717) is 11.3 Å². The number of benzene rings is 2. The summed E-state index contributed by atoms with van der Waals surface area (Å²) >= 11 is 0. The summed E-state index contributed by atoms with van der Waals surface area (Å²) < 4.78 is 5.14. The molecular weight excluding hydrogens is 262 g/mol. The van der Waals surface area contributed by atoms with Crippen molar-refractivity contribution < 1.29 is 9.53 Å². The van der Waals surface area contributed by atoms with Crippen molar-refractivity contribution in [2.24, 2.45) is 0 Å². The van der Waals surface area contributed by atoms with Gasteiger partial charge in [-0.25, -0.2) is 0 Å². The van der Waals surface area contributed by atoms with Gasteiger partial charge in [-0.3, -0.25) is 4.79 Å². The van der Waals surface area contributed by atoms with Crippen LogP contribution in [0.2, 0.25) is 0 Å². The average Bonchev–Trinajstić information content (AvgIpc) is 2.52. The minimum atomic E-state index is -0.0647. The van der Waals surface area contributed by atoms with Gasteiger partial charge in [0.15, 0.2) is 12.4 Å². The van der Waals surface area contributed by atoms with Gasteiger partial charge < -0.3 is 4.74 Å². The maximum atomic E-state index is 12.1. The Morgan fingerprint density at radius 2 is 1.90 bits per heavy atom. The number of rotatable bonds is 5. The fourth-order valence-corrected chi connectivity index (χ4v) is 1.87. The van der Waals surface area contributed by atoms with E-state index in [1.54, 1.807) is 30.3 Å². The molecule has 2 aromatic carbocycles. The topological polar surface area (TPSA) is 50.1 Å². The van der Waals surface area contributed by atoms with Gasteiger partial charge in [0.05, 0.1) is 0 Å². The van der Waals surface area contributed by atoms with Crippen LogP contribution in [-0.2, 0) is 0 Å². The molecule has 0 atom stereocenters. The largest absolute Gasteiger partial charge is 0.479 e. The van der Waals surface area contributed by atoms with Gasteiger partial charge in [-0.15, -0.1) is 0 Å². The highest BCUT2D eigenvalue weighted by molar-refractivity contribution is 6.06. The summed E-state index contributed by atoms with van der Waals surface area (Å²) in [5.41, 5.74) is 2.74. The summed E-state index contributed by atoms with van der Waals surface area (Å²) in [5.74, 6) is 0.515. The second kappa shape index (κ2) is 7.06. The van der Waals surface area contributed by atoms with Crippen molar-refractivity contribution in [1.29, 1.82) is 5.26 Å². The van der Waals surface area contributed by atoms with Crippen LogP contribution in [0, 0.1) is 18.3 Å². The first-order valence-corrected chi connectivity index (χ1v) is 6.58. The number of ketones is 1. The lowest BCUT2D eigenvalue weighted by Gasteiger charge is -2.02. The SMILES string of the molecule is Cc1ccccc1/C=C/C(=O)c1ccc(OCC#N)cc1. The van der Waals surface area contributed by atoms with Crippen LogP contribution < -0.4 is 4.74 Å². The number of ether oxygens (including phenoxy) is 1. The van der Waals surface area contributed by atoms with E-state index in [4.69, 9.17) is 10.00 Å². The summed E-state index contributed by atoms with van der Waals surface area (Å²) in [6, 6.07) is 16.5. The molecule has 0 fully saturated rings. The molecule has 0 saturated carbocycles. The predicted octanol–water partition coefficient (Wildman–Crippen LogP) is 3.79. The zero-order chi connectivity index (χ0) is 15.1. The molecule has 0 aliphatic rings. The fourth-order valence-electron chi connectivity index (χ4n) is 1.87. The standard InChI is InChI=1S/C18H15NO2/c1-14-4-2-3-5-15(14)8-11-18(20)16-6-9-17(10-7-16)21-13-12-19/h2-11H,13H2,1H3/b11-8+. The first-order valence-electron chi connectivity index (χ1n) is 6.58. The first-order chi connectivity index (χ1) is 10.2. The van der Waals surface area contributed by atoms with Crippen molar-refractivity contribution in [2.75, 3.05) is 6.61 Å². The van der Waals surface area contributed by atoms with Crippen LogP contribution >= 0.6 is 0 Å². The highest BCUT2D eigenvalue weighted by atomic mass is 16.5. The molecule has 0 spiro atoms. The molecule has 0 saturated heterocycles. The molecule has 2 rings (SSSR count). The summed E-state index contributed by atoms with van der Waals surface area (Å²) in [6.45, 7) is 2.01. The number of hydrogen-bond acceptors (Lipinski definition) is 3. The van der Waals surface area contributed by atoms with Gasteiger partial charge in [-0.2, -0.15) is 5.26 Å². The molecule has 0 heterocycles. The number of nitriles is 1. The number of carbonyl (C=O) groups excluding carboxylic acids is 1. The lowest BCUT2D eigenvalue weighted by molar-refractivity contribution is 0.104. The van der Waals surface area contributed by atoms with Crippen molar-refractivity contribution in [3.8, 4) is 11.8 Å². The fraction of sp³-hybridized carbons (Fsp3) is 0.111. The number of hydrogen-bond donors (Lipinski definition) is 0. The third kappa shape index (κ3) is 4.05. The second-order valence-corrected chi connectivity index (χ2v) is 4.53. The molecular formula is C18H15NO2. The van der Waals surface area contributed by atoms with Gasteiger partial charge in [-0.05, 0) is 48.4 Å². The van der Waals surface area contributed by atoms with Crippen LogP contribution in [0.1, 0.15) is 21.5 Å². The number of allylic oxidation sites excluding steroid dienone is 1. The first kappa shape index (κ1) is 14.5. The molecule has 0 radical (unpaired) electrons. The van der Waals surface area contributed by atoms with E-state index in [1.165, 1.54) is 0 Å². The average molecular weight is 277 g/mol. The Morgan fingerprint density at radius 3 is 2.57 bits per heavy atom. The minimum absolute atomic E-state index is 0.000476. The number of carbonyl (C=O) groups is 1. The van der Waals surface area contributed by atoms with Gasteiger partial charge in [-0.1, -0.05) is 30.3 Å². The van der Waals surface area contributed by atoms with Crippen molar-refractivity contribution >= 4 is 11.9 Å². The Kier molecular flexibility index (Phi) is 4.89. The van der Waals surface area contributed by atoms with E-state index in [2.05, 4.69) is 0 Å². The van der Waals surface area contributed by atoms with Gasteiger partial charge in [0.1, 0.15) is 11.8 Å². The molecule has 2 aromatic rings. The molecule has 0 aliphatic heterocycles. The molecule has 0 amide bonds. The van der Waals surface area contributed by atoms with Crippen molar-refractivity contribution in [1.82, 2.24) is 0 Å². The number of aryl methyl sites for hydroxylation is 1. The van der Waals surface area contributed by atoms with Crippen LogP contribution in [0.4, 0.5) is 0 Å². The van der Waals surface area contributed by atoms with Crippen molar-refractivity contribution in [3.63, 3.8) is 0 Å². The lowest BCUT2D eigenvalue weighted by atomic mass is 10.1. The van der Waals surface area contributed by atoms with Crippen molar-refractivity contribution in [2.45, 2.75) is 6.92 Å². The Morgan fingerprint density at radius 1 is 1.19 bits per heavy atom. The van der Waals surface area contributed by atoms with E-state index in [0.717, 1.165) is 11.1 Å². The number of nitrogens with zero attached hydrogens (tertiary/aromatic N) is 1. The van der Waals surface area contributed by atoms with Crippen LogP contribution in [0.5, 0.6) is 5.75 Å². The minimum Gasteiger partial charge on any atom is -0.479 e. The Labute approximate surface area is 124 Å². The molecule has 0 unspecified atom stereocenters. The molecule has 0 N–H and O–H groups in total. The predicted molar refractivity (Wildman–Crippen MR) is 82.1 cm³/mol. The van der Waals surface area contributed by atoms with Crippen LogP contribution in [-0.4, -0.2) is 12.4 Å². The maximum Gasteiger partial charge on any atom is 0.185 e. The highest BCUT2D eigenvalue weighted by Gasteiger charge is 2.02. The Bertz CT molecular complexity index is 694. The highest BCUT2D eigenvalue weighted by Crippen LogP contribution is 2.14. The molecule has 3 heteroatoms. The smallest absolute Gasteiger partial charge is 0.185 e. The second-order valence-electron chi connectivity index (χ2n) is 4.53. The molecule has 21 heavy (non-hydrogen) atoms. The van der Waals surface area contributed by atoms with Gasteiger partial charge in [0.2, 0.25) is 0 Å². The summed E-state index contributed by atoms with van der Waals surface area (Å²) in [5, 5.41) is 8.43. The zero-order valence-electron chi connectivity index (χ0n) is 11.7. The molecule has 104 valence electrons. The monoisotopic (exact) mass is 277 g/mol. The van der Waals surface area contributed by atoms with Gasteiger partial charge in [0.25, 0.3) is 0 Å². The Hall–Kier alpha value is -2.86. The van der Waals surface area contributed by atoms with Gasteiger partial charge in [0, 0.05) is 5.56 Å². The molecule has 3 nitrogen and oxygen atoms in total. The third-order valence-electron chi connectivity index (χ3n) is 3.04.